The average Bonchev–Trinajstić information content (AvgIpc) is 2.20. The Hall–Kier alpha value is -0.870. The van der Waals surface area contributed by atoms with Gasteiger partial charge in [-0.1, -0.05) is 18.2 Å². The summed E-state index contributed by atoms with van der Waals surface area (Å²) in [7, 11) is -1.03. The van der Waals surface area contributed by atoms with Crippen LogP contribution in [0, 0.1) is 0 Å². The van der Waals surface area contributed by atoms with Gasteiger partial charge in [-0.25, -0.2) is 0 Å². The van der Waals surface area contributed by atoms with Gasteiger partial charge in [0.1, 0.15) is 5.75 Å². The van der Waals surface area contributed by atoms with E-state index in [1.807, 2.05) is 38.1 Å². The summed E-state index contributed by atoms with van der Waals surface area (Å²) in [5.74, 6) is 1.53. The van der Waals surface area contributed by atoms with Crippen molar-refractivity contribution in [3.05, 3.63) is 29.8 Å². The molecule has 1 aromatic carbocycles. The molecule has 1 atom stereocenters. The van der Waals surface area contributed by atoms with E-state index >= 15 is 0 Å². The molecule has 0 aliphatic carbocycles. The number of rotatable bonds is 6. The fraction of sp³-hybridized carbons (Fsp3) is 0.500. The standard InChI is InChI=1S/C12H18O3S/c1-10(2)15-12-6-4-3-5-11(12)9-16(14)8-7-13/h3-6,10,13H,7-9H2,1-2H3/t16-/m0/s1. The molecule has 0 aromatic heterocycles. The maximum absolute atomic E-state index is 11.5. The van der Waals surface area contributed by atoms with Crippen molar-refractivity contribution in [1.29, 1.82) is 0 Å². The number of benzene rings is 1. The molecule has 1 rings (SSSR count). The van der Waals surface area contributed by atoms with Crippen LogP contribution in [0.5, 0.6) is 5.75 Å². The molecule has 90 valence electrons. The summed E-state index contributed by atoms with van der Waals surface area (Å²) < 4.78 is 17.2. The molecule has 3 nitrogen and oxygen atoms in total. The fourth-order valence-electron chi connectivity index (χ4n) is 1.34. The van der Waals surface area contributed by atoms with E-state index in [-0.39, 0.29) is 12.7 Å². The molecule has 0 aliphatic heterocycles. The van der Waals surface area contributed by atoms with Crippen LogP contribution >= 0.6 is 0 Å². The highest BCUT2D eigenvalue weighted by Crippen LogP contribution is 2.20. The Morgan fingerprint density at radius 1 is 1.38 bits per heavy atom. The predicted octanol–water partition coefficient (Wildman–Crippen LogP) is 1.71. The molecular weight excluding hydrogens is 224 g/mol. The van der Waals surface area contributed by atoms with Gasteiger partial charge in [0.2, 0.25) is 0 Å². The van der Waals surface area contributed by atoms with E-state index in [1.54, 1.807) is 0 Å². The smallest absolute Gasteiger partial charge is 0.123 e. The molecule has 16 heavy (non-hydrogen) atoms. The zero-order chi connectivity index (χ0) is 12.0. The highest BCUT2D eigenvalue weighted by atomic mass is 32.2. The number of hydrogen-bond donors (Lipinski definition) is 1. The molecule has 0 spiro atoms. The van der Waals surface area contributed by atoms with Crippen molar-refractivity contribution in [1.82, 2.24) is 0 Å². The van der Waals surface area contributed by atoms with Crippen LogP contribution in [0.25, 0.3) is 0 Å². The molecule has 4 heteroatoms. The summed E-state index contributed by atoms with van der Waals surface area (Å²) in [6.45, 7) is 3.88. The first kappa shape index (κ1) is 13.2. The van der Waals surface area contributed by atoms with Crippen molar-refractivity contribution in [2.75, 3.05) is 12.4 Å². The second kappa shape index (κ2) is 6.66. The number of hydrogen-bond acceptors (Lipinski definition) is 3. The number of ether oxygens (including phenoxy) is 1. The van der Waals surface area contributed by atoms with Crippen LogP contribution in [-0.4, -0.2) is 27.8 Å². The summed E-state index contributed by atoms with van der Waals surface area (Å²) in [6.07, 6.45) is 0.104. The van der Waals surface area contributed by atoms with Gasteiger partial charge >= 0.3 is 0 Å². The molecule has 0 aliphatic rings. The molecule has 0 saturated carbocycles. The van der Waals surface area contributed by atoms with Gasteiger partial charge in [-0.2, -0.15) is 0 Å². The lowest BCUT2D eigenvalue weighted by Gasteiger charge is -2.13. The Morgan fingerprint density at radius 3 is 2.69 bits per heavy atom. The Morgan fingerprint density at radius 2 is 2.06 bits per heavy atom. The molecule has 0 fully saturated rings. The summed E-state index contributed by atoms with van der Waals surface area (Å²) in [6, 6.07) is 7.59. The molecule has 0 saturated heterocycles. The minimum absolute atomic E-state index is 0.0418. The van der Waals surface area contributed by atoms with E-state index in [4.69, 9.17) is 9.84 Å². The van der Waals surface area contributed by atoms with E-state index < -0.39 is 10.8 Å². The van der Waals surface area contributed by atoms with Crippen LogP contribution in [0.15, 0.2) is 24.3 Å². The highest BCUT2D eigenvalue weighted by Gasteiger charge is 2.08. The van der Waals surface area contributed by atoms with E-state index in [0.29, 0.717) is 11.5 Å². The van der Waals surface area contributed by atoms with Crippen LogP contribution in [0.1, 0.15) is 19.4 Å². The number of aliphatic hydroxyl groups is 1. The van der Waals surface area contributed by atoms with Crippen molar-refractivity contribution in [2.24, 2.45) is 0 Å². The SMILES string of the molecule is CC(C)Oc1ccccc1C[S@@](=O)CCO. The van der Waals surface area contributed by atoms with Crippen LogP contribution in [0.3, 0.4) is 0 Å². The molecular formula is C12H18O3S. The van der Waals surface area contributed by atoms with Gasteiger partial charge in [0.15, 0.2) is 0 Å². The minimum atomic E-state index is -1.03. The first-order valence-electron chi connectivity index (χ1n) is 5.34. The lowest BCUT2D eigenvalue weighted by Crippen LogP contribution is -2.10. The fourth-order valence-corrected chi connectivity index (χ4v) is 2.27. The van der Waals surface area contributed by atoms with Gasteiger partial charge in [0.25, 0.3) is 0 Å². The normalized spacial score (nSPS) is 12.8. The third-order valence-electron chi connectivity index (χ3n) is 1.97. The molecule has 0 unspecified atom stereocenters. The quantitative estimate of drug-likeness (QED) is 0.826. The van der Waals surface area contributed by atoms with Gasteiger partial charge < -0.3 is 9.84 Å². The summed E-state index contributed by atoms with van der Waals surface area (Å²) in [5, 5.41) is 8.71. The van der Waals surface area contributed by atoms with E-state index in [1.165, 1.54) is 0 Å². The van der Waals surface area contributed by atoms with Crippen molar-refractivity contribution in [3.8, 4) is 5.75 Å². The molecule has 1 N–H and O–H groups in total. The zero-order valence-corrected chi connectivity index (χ0v) is 10.5. The van der Waals surface area contributed by atoms with E-state index in [0.717, 1.165) is 11.3 Å². The maximum atomic E-state index is 11.5. The topological polar surface area (TPSA) is 46.5 Å². The molecule has 0 heterocycles. The van der Waals surface area contributed by atoms with E-state index in [2.05, 4.69) is 0 Å². The molecule has 0 amide bonds. The zero-order valence-electron chi connectivity index (χ0n) is 9.68. The van der Waals surface area contributed by atoms with Crippen molar-refractivity contribution in [3.63, 3.8) is 0 Å². The van der Waals surface area contributed by atoms with Gasteiger partial charge in [-0.05, 0) is 19.9 Å². The lowest BCUT2D eigenvalue weighted by atomic mass is 10.2. The number of aliphatic hydroxyl groups excluding tert-OH is 1. The molecule has 1 aromatic rings. The van der Waals surface area contributed by atoms with Crippen LogP contribution in [0.4, 0.5) is 0 Å². The van der Waals surface area contributed by atoms with Crippen LogP contribution in [0.2, 0.25) is 0 Å². The monoisotopic (exact) mass is 242 g/mol. The third kappa shape index (κ3) is 4.33. The highest BCUT2D eigenvalue weighted by molar-refractivity contribution is 7.84. The van der Waals surface area contributed by atoms with Crippen LogP contribution in [-0.2, 0) is 16.6 Å². The second-order valence-electron chi connectivity index (χ2n) is 3.79. The first-order valence-corrected chi connectivity index (χ1v) is 6.82. The Labute approximate surface area is 98.9 Å². The lowest BCUT2D eigenvalue weighted by molar-refractivity contribution is 0.240. The first-order chi connectivity index (χ1) is 7.63. The Kier molecular flexibility index (Phi) is 5.49. The minimum Gasteiger partial charge on any atom is -0.491 e. The van der Waals surface area contributed by atoms with Crippen molar-refractivity contribution in [2.45, 2.75) is 25.7 Å². The number of para-hydroxylation sites is 1. The Balaban J connectivity index is 2.74. The summed E-state index contributed by atoms with van der Waals surface area (Å²) in [4.78, 5) is 0. The summed E-state index contributed by atoms with van der Waals surface area (Å²) >= 11 is 0. The van der Waals surface area contributed by atoms with E-state index in [9.17, 15) is 4.21 Å². The molecule has 0 radical (unpaired) electrons. The average molecular weight is 242 g/mol. The molecule has 0 bridgehead atoms. The van der Waals surface area contributed by atoms with Crippen molar-refractivity contribution < 1.29 is 14.1 Å². The summed E-state index contributed by atoms with van der Waals surface area (Å²) in [5.41, 5.74) is 0.933. The van der Waals surface area contributed by atoms with Crippen molar-refractivity contribution >= 4 is 10.8 Å². The largest absolute Gasteiger partial charge is 0.491 e. The van der Waals surface area contributed by atoms with Gasteiger partial charge in [-0.15, -0.1) is 0 Å². The van der Waals surface area contributed by atoms with Gasteiger partial charge in [0, 0.05) is 22.1 Å². The van der Waals surface area contributed by atoms with Gasteiger partial charge in [-0.3, -0.25) is 4.21 Å². The van der Waals surface area contributed by atoms with Crippen LogP contribution < -0.4 is 4.74 Å². The second-order valence-corrected chi connectivity index (χ2v) is 5.36. The maximum Gasteiger partial charge on any atom is 0.123 e. The Bertz CT molecular complexity index is 350. The third-order valence-corrected chi connectivity index (χ3v) is 3.24. The van der Waals surface area contributed by atoms with Gasteiger partial charge in [0.05, 0.1) is 18.5 Å². The predicted molar refractivity (Wildman–Crippen MR) is 66.0 cm³/mol.